The Bertz CT molecular complexity index is 2190. The van der Waals surface area contributed by atoms with Crippen LogP contribution in [0.25, 0.3) is 22.3 Å². The maximum Gasteiger partial charge on any atom is 0.335 e. The number of rotatable bonds is 9. The van der Waals surface area contributed by atoms with E-state index in [0.29, 0.717) is 35.0 Å². The van der Waals surface area contributed by atoms with E-state index >= 15 is 8.78 Å². The highest BCUT2D eigenvalue weighted by atomic mass is 32.1. The molecule has 1 fully saturated rings. The lowest BCUT2D eigenvalue weighted by molar-refractivity contribution is -0.0589. The number of hydrogen-bond donors (Lipinski definition) is 1. The van der Waals surface area contributed by atoms with Crippen LogP contribution in [0.2, 0.25) is 0 Å². The number of aromatic carboxylic acids is 1. The lowest BCUT2D eigenvalue weighted by atomic mass is 10.0. The summed E-state index contributed by atoms with van der Waals surface area (Å²) in [6.07, 6.45) is 5.95. The second-order valence-electron chi connectivity index (χ2n) is 10.9. The molecule has 1 atom stereocenters. The molecule has 1 N–H and O–H groups in total. The standard InChI is InChI=1S/C34H26F2N6O4S/c1-41-17-20(15-38-41)5-7-24-16-37-33(47-24)19-46-32-4-2-3-28(40-32)25-14-26(35)22(11-27(25)36)13-31-39-29-8-6-21(34(43)44)12-30(29)42(31)18-23-9-10-45-23/h2-4,6,8,11-12,14-17,23H,9-10,13,18-19H2,1H3,(H,43,44)/t23-/m0/s1. The molecule has 47 heavy (non-hydrogen) atoms. The highest BCUT2D eigenvalue weighted by molar-refractivity contribution is 7.12. The number of ether oxygens (including phenoxy) is 2. The monoisotopic (exact) mass is 652 g/mol. The van der Waals surface area contributed by atoms with E-state index in [2.05, 4.69) is 31.9 Å². The summed E-state index contributed by atoms with van der Waals surface area (Å²) < 4.78 is 46.0. The fourth-order valence-electron chi connectivity index (χ4n) is 5.20. The molecule has 1 aliphatic heterocycles. The first-order chi connectivity index (χ1) is 22.8. The van der Waals surface area contributed by atoms with E-state index in [1.54, 1.807) is 47.4 Å². The molecule has 7 rings (SSSR count). The molecule has 0 amide bonds. The van der Waals surface area contributed by atoms with Gasteiger partial charge in [-0.05, 0) is 54.3 Å². The van der Waals surface area contributed by atoms with Crippen LogP contribution in [-0.2, 0) is 31.4 Å². The highest BCUT2D eigenvalue weighted by Gasteiger charge is 2.24. The van der Waals surface area contributed by atoms with Crippen molar-refractivity contribution in [2.24, 2.45) is 7.05 Å². The van der Waals surface area contributed by atoms with Crippen molar-refractivity contribution in [1.29, 1.82) is 0 Å². The minimum Gasteiger partial charge on any atom is -0.478 e. The van der Waals surface area contributed by atoms with E-state index in [-0.39, 0.29) is 47.4 Å². The first kappa shape index (κ1) is 30.2. The van der Waals surface area contributed by atoms with Crippen LogP contribution >= 0.6 is 11.3 Å². The molecule has 0 aliphatic carbocycles. The predicted octanol–water partition coefficient (Wildman–Crippen LogP) is 5.62. The number of halogens is 2. The van der Waals surface area contributed by atoms with Crippen molar-refractivity contribution in [2.75, 3.05) is 6.61 Å². The minimum absolute atomic E-state index is 0.00810. The molecule has 1 saturated heterocycles. The van der Waals surface area contributed by atoms with Gasteiger partial charge < -0.3 is 19.1 Å². The third-order valence-corrected chi connectivity index (χ3v) is 8.56. The number of nitrogens with zero attached hydrogens (tertiary/aromatic N) is 6. The fraction of sp³-hybridized carbons (Fsp3) is 0.206. The van der Waals surface area contributed by atoms with Crippen molar-refractivity contribution in [1.82, 2.24) is 29.3 Å². The average molecular weight is 653 g/mol. The first-order valence-corrected chi connectivity index (χ1v) is 15.5. The van der Waals surface area contributed by atoms with Crippen LogP contribution in [0.15, 0.2) is 67.1 Å². The quantitative estimate of drug-likeness (QED) is 0.200. The molecule has 10 nitrogen and oxygen atoms in total. The molecule has 6 aromatic rings. The Morgan fingerprint density at radius 3 is 2.77 bits per heavy atom. The summed E-state index contributed by atoms with van der Waals surface area (Å²) in [5, 5.41) is 14.3. The third-order valence-electron chi connectivity index (χ3n) is 7.67. The van der Waals surface area contributed by atoms with Gasteiger partial charge in [0, 0.05) is 37.9 Å². The van der Waals surface area contributed by atoms with Gasteiger partial charge >= 0.3 is 5.97 Å². The van der Waals surface area contributed by atoms with Gasteiger partial charge in [0.15, 0.2) is 0 Å². The molecule has 4 aromatic heterocycles. The average Bonchev–Trinajstić information content (AvgIpc) is 3.76. The van der Waals surface area contributed by atoms with E-state index in [1.807, 2.05) is 17.8 Å². The third kappa shape index (κ3) is 6.60. The summed E-state index contributed by atoms with van der Waals surface area (Å²) >= 11 is 1.38. The first-order valence-electron chi connectivity index (χ1n) is 14.7. The molecule has 13 heteroatoms. The summed E-state index contributed by atoms with van der Waals surface area (Å²) in [5.41, 5.74) is 2.38. The molecule has 5 heterocycles. The van der Waals surface area contributed by atoms with Gasteiger partial charge in [-0.3, -0.25) is 4.68 Å². The van der Waals surface area contributed by atoms with Crippen molar-refractivity contribution in [3.8, 4) is 29.0 Å². The van der Waals surface area contributed by atoms with Crippen LogP contribution in [-0.4, -0.2) is 53.1 Å². The summed E-state index contributed by atoms with van der Waals surface area (Å²) in [6.45, 7) is 1.20. The van der Waals surface area contributed by atoms with Crippen LogP contribution in [0.5, 0.6) is 5.88 Å². The molecular formula is C34H26F2N6O4S. The molecule has 2 aromatic carbocycles. The van der Waals surface area contributed by atoms with Crippen molar-refractivity contribution in [2.45, 2.75) is 32.1 Å². The van der Waals surface area contributed by atoms with Crippen molar-refractivity contribution in [3.63, 3.8) is 0 Å². The second-order valence-corrected chi connectivity index (χ2v) is 12.1. The Morgan fingerprint density at radius 1 is 1.13 bits per heavy atom. The number of carbonyl (C=O) groups is 1. The highest BCUT2D eigenvalue weighted by Crippen LogP contribution is 2.29. The zero-order valence-electron chi connectivity index (χ0n) is 25.0. The number of aryl methyl sites for hydroxylation is 1. The minimum atomic E-state index is -1.06. The zero-order valence-corrected chi connectivity index (χ0v) is 25.8. The molecule has 0 unspecified atom stereocenters. The lowest BCUT2D eigenvalue weighted by Gasteiger charge is -2.27. The van der Waals surface area contributed by atoms with Crippen LogP contribution in [0.1, 0.15) is 43.6 Å². The Kier molecular flexibility index (Phi) is 8.19. The molecule has 0 radical (unpaired) electrons. The Balaban J connectivity index is 1.08. The zero-order chi connectivity index (χ0) is 32.5. The van der Waals surface area contributed by atoms with Gasteiger partial charge in [0.25, 0.3) is 0 Å². The van der Waals surface area contributed by atoms with Gasteiger partial charge in [-0.25, -0.2) is 28.5 Å². The summed E-state index contributed by atoms with van der Waals surface area (Å²) in [5.74, 6) is 4.47. The van der Waals surface area contributed by atoms with E-state index in [1.165, 1.54) is 17.4 Å². The van der Waals surface area contributed by atoms with Gasteiger partial charge in [0.2, 0.25) is 5.88 Å². The number of carboxylic acid groups (broad SMARTS) is 1. The number of thiazole rings is 1. The van der Waals surface area contributed by atoms with Crippen LogP contribution in [0.4, 0.5) is 8.78 Å². The Hall–Kier alpha value is -5.45. The van der Waals surface area contributed by atoms with E-state index < -0.39 is 17.6 Å². The molecule has 236 valence electrons. The van der Waals surface area contributed by atoms with Gasteiger partial charge in [0.05, 0.1) is 57.8 Å². The van der Waals surface area contributed by atoms with E-state index in [9.17, 15) is 9.90 Å². The molecular weight excluding hydrogens is 626 g/mol. The number of pyridine rings is 1. The number of fused-ring (bicyclic) bond motifs is 1. The Labute approximate surface area is 271 Å². The number of hydrogen-bond acceptors (Lipinski definition) is 8. The van der Waals surface area contributed by atoms with Crippen molar-refractivity contribution in [3.05, 3.63) is 111 Å². The summed E-state index contributed by atoms with van der Waals surface area (Å²) in [7, 11) is 1.82. The van der Waals surface area contributed by atoms with Crippen LogP contribution in [0.3, 0.4) is 0 Å². The maximum atomic E-state index is 15.6. The smallest absolute Gasteiger partial charge is 0.335 e. The summed E-state index contributed by atoms with van der Waals surface area (Å²) in [6, 6.07) is 11.8. The van der Waals surface area contributed by atoms with Gasteiger partial charge in [-0.2, -0.15) is 5.10 Å². The van der Waals surface area contributed by atoms with Crippen LogP contribution < -0.4 is 4.74 Å². The van der Waals surface area contributed by atoms with Crippen molar-refractivity contribution >= 4 is 28.3 Å². The molecule has 0 saturated carbocycles. The van der Waals surface area contributed by atoms with Gasteiger partial charge in [0.1, 0.15) is 29.1 Å². The topological polar surface area (TPSA) is 117 Å². The van der Waals surface area contributed by atoms with Gasteiger partial charge in [-0.1, -0.05) is 12.0 Å². The maximum absolute atomic E-state index is 15.6. The van der Waals surface area contributed by atoms with Crippen molar-refractivity contribution < 1.29 is 28.2 Å². The Morgan fingerprint density at radius 2 is 2.00 bits per heavy atom. The van der Waals surface area contributed by atoms with Crippen LogP contribution in [0, 0.1) is 23.5 Å². The van der Waals surface area contributed by atoms with E-state index in [0.717, 1.165) is 29.0 Å². The molecule has 0 spiro atoms. The fourth-order valence-corrected chi connectivity index (χ4v) is 5.89. The van der Waals surface area contributed by atoms with E-state index in [4.69, 9.17) is 9.47 Å². The van der Waals surface area contributed by atoms with Gasteiger partial charge in [-0.15, -0.1) is 11.3 Å². The molecule has 0 bridgehead atoms. The second kappa shape index (κ2) is 12.7. The normalized spacial score (nSPS) is 14.1. The number of benzene rings is 2. The number of aromatic nitrogens is 6. The predicted molar refractivity (Wildman–Crippen MR) is 169 cm³/mol. The SMILES string of the molecule is Cn1cc(C#Cc2cnc(COc3cccc(-c4cc(F)c(Cc5nc6ccc(C(=O)O)cc6n5C[C@@H]5CCO5)cc4F)n3)s2)cn1. The summed E-state index contributed by atoms with van der Waals surface area (Å²) in [4.78, 5) is 25.8. The number of carboxylic acids is 1. The largest absolute Gasteiger partial charge is 0.478 e. The number of imidazole rings is 1. The lowest BCUT2D eigenvalue weighted by Crippen LogP contribution is -2.31. The molecule has 1 aliphatic rings.